The molecule has 1 aromatic rings. The van der Waals surface area contributed by atoms with Gasteiger partial charge in [0, 0.05) is 10.0 Å². The van der Waals surface area contributed by atoms with Crippen LogP contribution >= 0.6 is 15.9 Å². The molecule has 4 heteroatoms. The van der Waals surface area contributed by atoms with E-state index in [1.54, 1.807) is 6.07 Å². The SMILES string of the molecule is N#Cc1c(N)cc(Br)c2c1OCCC2. The fourth-order valence-electron chi connectivity index (χ4n) is 1.62. The first-order valence-corrected chi connectivity index (χ1v) is 5.17. The Morgan fingerprint density at radius 3 is 3.07 bits per heavy atom. The number of rotatable bonds is 0. The molecule has 0 unspecified atom stereocenters. The number of anilines is 1. The first-order chi connectivity index (χ1) is 6.74. The van der Waals surface area contributed by atoms with E-state index in [-0.39, 0.29) is 0 Å². The molecule has 0 atom stereocenters. The quantitative estimate of drug-likeness (QED) is 0.721. The molecule has 2 rings (SSSR count). The Morgan fingerprint density at radius 1 is 1.57 bits per heavy atom. The van der Waals surface area contributed by atoms with Gasteiger partial charge in [-0.15, -0.1) is 0 Å². The second-order valence-electron chi connectivity index (χ2n) is 3.19. The molecule has 0 radical (unpaired) electrons. The summed E-state index contributed by atoms with van der Waals surface area (Å²) >= 11 is 3.43. The Kier molecular flexibility index (Phi) is 2.34. The summed E-state index contributed by atoms with van der Waals surface area (Å²) in [6, 6.07) is 3.85. The van der Waals surface area contributed by atoms with Crippen LogP contribution in [0.3, 0.4) is 0 Å². The molecule has 0 saturated carbocycles. The second kappa shape index (κ2) is 3.50. The Morgan fingerprint density at radius 2 is 2.36 bits per heavy atom. The Labute approximate surface area is 90.6 Å². The lowest BCUT2D eigenvalue weighted by Crippen LogP contribution is -2.11. The van der Waals surface area contributed by atoms with E-state index in [2.05, 4.69) is 22.0 Å². The molecule has 1 heterocycles. The summed E-state index contributed by atoms with van der Waals surface area (Å²) in [5, 5.41) is 8.94. The predicted octanol–water partition coefficient (Wildman–Crippen LogP) is 2.23. The number of nitrogens with zero attached hydrogens (tertiary/aromatic N) is 1. The fourth-order valence-corrected chi connectivity index (χ4v) is 2.24. The molecule has 0 bridgehead atoms. The molecule has 1 aliphatic heterocycles. The summed E-state index contributed by atoms with van der Waals surface area (Å²) in [6.45, 7) is 0.664. The van der Waals surface area contributed by atoms with Crippen LogP contribution < -0.4 is 10.5 Å². The van der Waals surface area contributed by atoms with E-state index in [0.29, 0.717) is 23.6 Å². The van der Waals surface area contributed by atoms with Crippen molar-refractivity contribution in [3.8, 4) is 11.8 Å². The topological polar surface area (TPSA) is 59.0 Å². The van der Waals surface area contributed by atoms with Crippen LogP contribution in [-0.2, 0) is 6.42 Å². The van der Waals surface area contributed by atoms with Crippen molar-refractivity contribution >= 4 is 21.6 Å². The number of hydrogen-bond acceptors (Lipinski definition) is 3. The number of nitrogen functional groups attached to an aromatic ring is 1. The highest BCUT2D eigenvalue weighted by Gasteiger charge is 2.19. The summed E-state index contributed by atoms with van der Waals surface area (Å²) in [5.74, 6) is 0.658. The molecule has 3 nitrogen and oxygen atoms in total. The zero-order chi connectivity index (χ0) is 10.1. The minimum absolute atomic E-state index is 0.461. The van der Waals surface area contributed by atoms with Crippen LogP contribution in [0.1, 0.15) is 17.5 Å². The maximum Gasteiger partial charge on any atom is 0.143 e. The van der Waals surface area contributed by atoms with Gasteiger partial charge in [-0.25, -0.2) is 0 Å². The maximum absolute atomic E-state index is 8.94. The lowest BCUT2D eigenvalue weighted by atomic mass is 10.0. The number of halogens is 1. The second-order valence-corrected chi connectivity index (χ2v) is 4.05. The zero-order valence-electron chi connectivity index (χ0n) is 7.51. The minimum atomic E-state index is 0.461. The molecule has 0 amide bonds. The highest BCUT2D eigenvalue weighted by Crippen LogP contribution is 2.37. The van der Waals surface area contributed by atoms with Crippen molar-refractivity contribution in [2.75, 3.05) is 12.3 Å². The molecule has 2 N–H and O–H groups in total. The number of benzene rings is 1. The van der Waals surface area contributed by atoms with Crippen molar-refractivity contribution in [2.45, 2.75) is 12.8 Å². The summed E-state index contributed by atoms with van der Waals surface area (Å²) in [7, 11) is 0. The Balaban J connectivity index is 2.69. The summed E-state index contributed by atoms with van der Waals surface area (Å²) in [4.78, 5) is 0. The van der Waals surface area contributed by atoms with Gasteiger partial charge in [-0.05, 0) is 18.9 Å². The number of ether oxygens (including phenoxy) is 1. The van der Waals surface area contributed by atoms with E-state index < -0.39 is 0 Å². The smallest absolute Gasteiger partial charge is 0.143 e. The van der Waals surface area contributed by atoms with Gasteiger partial charge in [0.05, 0.1) is 12.3 Å². The molecule has 0 saturated heterocycles. The Hall–Kier alpha value is -1.21. The van der Waals surface area contributed by atoms with Gasteiger partial charge >= 0.3 is 0 Å². The molecule has 0 aliphatic carbocycles. The third kappa shape index (κ3) is 1.34. The molecule has 1 aromatic carbocycles. The van der Waals surface area contributed by atoms with Gasteiger partial charge in [0.25, 0.3) is 0 Å². The van der Waals surface area contributed by atoms with Crippen LogP contribution in [-0.4, -0.2) is 6.61 Å². The lowest BCUT2D eigenvalue weighted by Gasteiger charge is -2.20. The molecule has 0 fully saturated rings. The average Bonchev–Trinajstić information content (AvgIpc) is 2.18. The van der Waals surface area contributed by atoms with E-state index >= 15 is 0 Å². The van der Waals surface area contributed by atoms with Crippen molar-refractivity contribution in [1.29, 1.82) is 5.26 Å². The fraction of sp³-hybridized carbons (Fsp3) is 0.300. The van der Waals surface area contributed by atoms with Crippen molar-refractivity contribution < 1.29 is 4.74 Å². The van der Waals surface area contributed by atoms with Gasteiger partial charge in [0.1, 0.15) is 17.4 Å². The molecular weight excluding hydrogens is 244 g/mol. The maximum atomic E-state index is 8.94. The normalized spacial score (nSPS) is 14.0. The third-order valence-electron chi connectivity index (χ3n) is 2.29. The van der Waals surface area contributed by atoms with Gasteiger partial charge in [-0.1, -0.05) is 15.9 Å². The van der Waals surface area contributed by atoms with Crippen LogP contribution in [0.2, 0.25) is 0 Å². The largest absolute Gasteiger partial charge is 0.492 e. The zero-order valence-corrected chi connectivity index (χ0v) is 9.10. The highest BCUT2D eigenvalue weighted by atomic mass is 79.9. The summed E-state index contributed by atoms with van der Waals surface area (Å²) < 4.78 is 6.41. The van der Waals surface area contributed by atoms with Gasteiger partial charge < -0.3 is 10.5 Å². The summed E-state index contributed by atoms with van der Waals surface area (Å²) in [5.41, 5.74) is 7.71. The van der Waals surface area contributed by atoms with Crippen molar-refractivity contribution in [2.24, 2.45) is 0 Å². The van der Waals surface area contributed by atoms with Crippen LogP contribution in [0.4, 0.5) is 5.69 Å². The lowest BCUT2D eigenvalue weighted by molar-refractivity contribution is 0.287. The molecule has 14 heavy (non-hydrogen) atoms. The standard InChI is InChI=1S/C10H9BrN2O/c11-8-4-9(13)7(5-12)10-6(8)2-1-3-14-10/h4H,1-3,13H2. The van der Waals surface area contributed by atoms with E-state index in [9.17, 15) is 0 Å². The van der Waals surface area contributed by atoms with Crippen molar-refractivity contribution in [3.05, 3.63) is 21.7 Å². The van der Waals surface area contributed by atoms with E-state index in [0.717, 1.165) is 22.9 Å². The molecule has 0 aromatic heterocycles. The van der Waals surface area contributed by atoms with E-state index in [1.165, 1.54) is 0 Å². The number of hydrogen-bond donors (Lipinski definition) is 1. The summed E-state index contributed by atoms with van der Waals surface area (Å²) in [6.07, 6.45) is 1.92. The van der Waals surface area contributed by atoms with Crippen LogP contribution in [0.15, 0.2) is 10.5 Å². The monoisotopic (exact) mass is 252 g/mol. The molecule has 1 aliphatic rings. The predicted molar refractivity (Wildman–Crippen MR) is 57.1 cm³/mol. The van der Waals surface area contributed by atoms with Crippen LogP contribution in [0, 0.1) is 11.3 Å². The minimum Gasteiger partial charge on any atom is -0.492 e. The van der Waals surface area contributed by atoms with E-state index in [4.69, 9.17) is 15.7 Å². The Bertz CT molecular complexity index is 423. The first-order valence-electron chi connectivity index (χ1n) is 4.37. The average molecular weight is 253 g/mol. The van der Waals surface area contributed by atoms with Crippen LogP contribution in [0.25, 0.3) is 0 Å². The van der Waals surface area contributed by atoms with Gasteiger partial charge in [-0.2, -0.15) is 5.26 Å². The number of nitriles is 1. The highest BCUT2D eigenvalue weighted by molar-refractivity contribution is 9.10. The molecular formula is C10H9BrN2O. The molecule has 0 spiro atoms. The van der Waals surface area contributed by atoms with Gasteiger partial charge in [0.15, 0.2) is 0 Å². The third-order valence-corrected chi connectivity index (χ3v) is 3.00. The first kappa shape index (κ1) is 9.35. The van der Waals surface area contributed by atoms with Crippen LogP contribution in [0.5, 0.6) is 5.75 Å². The van der Waals surface area contributed by atoms with Gasteiger partial charge in [-0.3, -0.25) is 0 Å². The number of fused-ring (bicyclic) bond motifs is 1. The van der Waals surface area contributed by atoms with Gasteiger partial charge in [0.2, 0.25) is 0 Å². The van der Waals surface area contributed by atoms with E-state index in [1.807, 2.05) is 0 Å². The number of nitrogens with two attached hydrogens (primary N) is 1. The van der Waals surface area contributed by atoms with Crippen molar-refractivity contribution in [3.63, 3.8) is 0 Å². The van der Waals surface area contributed by atoms with Crippen molar-refractivity contribution in [1.82, 2.24) is 0 Å². The molecule has 72 valence electrons.